The molecule has 1 saturated heterocycles. The molecule has 0 amide bonds. The highest BCUT2D eigenvalue weighted by Crippen LogP contribution is 2.33. The summed E-state index contributed by atoms with van der Waals surface area (Å²) >= 11 is 0. The first kappa shape index (κ1) is 22.0. The molecule has 1 aliphatic heterocycles. The average molecular weight is 390 g/mol. The smallest absolute Gasteiger partial charge is 0.475 e. The van der Waals surface area contributed by atoms with Gasteiger partial charge in [-0.05, 0) is 32.2 Å². The Morgan fingerprint density at radius 3 is 2.08 bits per heavy atom. The van der Waals surface area contributed by atoms with Gasteiger partial charge in [0.05, 0.1) is 11.3 Å². The Balaban J connectivity index is 0.000000412. The molecule has 0 unspecified atom stereocenters. The monoisotopic (exact) mass is 390 g/mol. The van der Waals surface area contributed by atoms with Crippen molar-refractivity contribution in [2.45, 2.75) is 25.3 Å². The molecule has 11 heteroatoms. The molecule has 148 valence electrons. The molecule has 0 radical (unpaired) electrons. The third-order valence-corrected chi connectivity index (χ3v) is 3.66. The largest absolute Gasteiger partial charge is 0.490 e. The van der Waals surface area contributed by atoms with Crippen molar-refractivity contribution in [1.29, 1.82) is 0 Å². The highest BCUT2D eigenvalue weighted by molar-refractivity contribution is 5.73. The predicted molar refractivity (Wildman–Crippen MR) is 79.4 cm³/mol. The molecule has 1 fully saturated rings. The van der Waals surface area contributed by atoms with E-state index in [1.165, 1.54) is 6.07 Å². The molecule has 1 atom stereocenters. The average Bonchev–Trinajstić information content (AvgIpc) is 2.46. The zero-order valence-electron chi connectivity index (χ0n) is 13.8. The molecule has 0 aliphatic carbocycles. The fourth-order valence-electron chi connectivity index (χ4n) is 2.41. The second-order valence-electron chi connectivity index (χ2n) is 5.77. The fourth-order valence-corrected chi connectivity index (χ4v) is 2.41. The molecule has 2 rings (SSSR count). The van der Waals surface area contributed by atoms with Crippen LogP contribution >= 0.6 is 0 Å². The van der Waals surface area contributed by atoms with Crippen LogP contribution in [-0.2, 0) is 11.0 Å². The van der Waals surface area contributed by atoms with Gasteiger partial charge in [0.1, 0.15) is 5.82 Å². The lowest BCUT2D eigenvalue weighted by Gasteiger charge is -2.40. The van der Waals surface area contributed by atoms with Crippen LogP contribution in [-0.4, -0.2) is 54.9 Å². The van der Waals surface area contributed by atoms with Crippen molar-refractivity contribution >= 4 is 11.7 Å². The lowest BCUT2D eigenvalue weighted by Crippen LogP contribution is -2.50. The van der Waals surface area contributed by atoms with Gasteiger partial charge in [-0.2, -0.15) is 26.3 Å². The summed E-state index contributed by atoms with van der Waals surface area (Å²) in [5, 5.41) is 7.12. The Morgan fingerprint density at radius 1 is 1.15 bits per heavy atom. The Labute approximate surface area is 144 Å². The van der Waals surface area contributed by atoms with Gasteiger partial charge in [-0.15, -0.1) is 0 Å². The van der Waals surface area contributed by atoms with E-state index < -0.39 is 29.7 Å². The number of halogens is 7. The normalized spacial score (nSPS) is 19.0. The Morgan fingerprint density at radius 2 is 1.69 bits per heavy atom. The number of hydrogen-bond acceptors (Lipinski definition) is 3. The standard InChI is InChI=1S/C13H16F4N2.C2HF3O2/c1-9-8-18(2)5-6-19(9)12-4-3-10(7-11(12)14)13(15,16)17;3-2(4,5)1(6)7/h3-4,7,9H,5-6,8H2,1-2H3;(H,6,7)/t9-;/m0./s1. The second kappa shape index (κ2) is 8.11. The number of carboxylic acids is 1. The summed E-state index contributed by atoms with van der Waals surface area (Å²) in [5.74, 6) is -3.57. The van der Waals surface area contributed by atoms with Crippen LogP contribution in [0.4, 0.5) is 36.4 Å². The van der Waals surface area contributed by atoms with Crippen molar-refractivity contribution in [2.24, 2.45) is 0 Å². The van der Waals surface area contributed by atoms with Gasteiger partial charge >= 0.3 is 18.3 Å². The van der Waals surface area contributed by atoms with Crippen molar-refractivity contribution in [3.05, 3.63) is 29.6 Å². The van der Waals surface area contributed by atoms with Crippen LogP contribution in [0.3, 0.4) is 0 Å². The van der Waals surface area contributed by atoms with E-state index in [1.807, 2.05) is 18.9 Å². The van der Waals surface area contributed by atoms with Gasteiger partial charge in [-0.25, -0.2) is 9.18 Å². The maximum Gasteiger partial charge on any atom is 0.490 e. The number of piperazine rings is 1. The van der Waals surface area contributed by atoms with Crippen molar-refractivity contribution in [1.82, 2.24) is 4.90 Å². The summed E-state index contributed by atoms with van der Waals surface area (Å²) in [6.07, 6.45) is -9.59. The lowest BCUT2D eigenvalue weighted by molar-refractivity contribution is -0.192. The van der Waals surface area contributed by atoms with Crippen LogP contribution in [0.2, 0.25) is 0 Å². The van der Waals surface area contributed by atoms with Crippen molar-refractivity contribution in [2.75, 3.05) is 31.6 Å². The summed E-state index contributed by atoms with van der Waals surface area (Å²) in [5.41, 5.74) is -0.705. The number of rotatable bonds is 1. The zero-order valence-corrected chi connectivity index (χ0v) is 13.8. The maximum atomic E-state index is 13.9. The zero-order chi connectivity index (χ0) is 20.3. The summed E-state index contributed by atoms with van der Waals surface area (Å²) in [7, 11) is 1.97. The van der Waals surface area contributed by atoms with Crippen LogP contribution < -0.4 is 4.90 Å². The Bertz CT molecular complexity index is 631. The molecule has 4 nitrogen and oxygen atoms in total. The number of nitrogens with zero attached hydrogens (tertiary/aromatic N) is 2. The highest BCUT2D eigenvalue weighted by atomic mass is 19.4. The summed E-state index contributed by atoms with van der Waals surface area (Å²) in [6.45, 7) is 4.08. The van der Waals surface area contributed by atoms with Crippen molar-refractivity contribution in [3.8, 4) is 0 Å². The number of anilines is 1. The Kier molecular flexibility index (Phi) is 6.86. The van der Waals surface area contributed by atoms with Gasteiger partial charge < -0.3 is 14.9 Å². The number of benzene rings is 1. The minimum Gasteiger partial charge on any atom is -0.475 e. The van der Waals surface area contributed by atoms with Gasteiger partial charge in [0.25, 0.3) is 0 Å². The minimum atomic E-state index is -5.08. The van der Waals surface area contributed by atoms with Gasteiger partial charge in [0, 0.05) is 25.7 Å². The summed E-state index contributed by atoms with van der Waals surface area (Å²) in [4.78, 5) is 12.8. The van der Waals surface area contributed by atoms with Crippen LogP contribution in [0, 0.1) is 5.82 Å². The number of likely N-dealkylation sites (N-methyl/N-ethyl adjacent to an activating group) is 1. The number of alkyl halides is 6. The second-order valence-corrected chi connectivity index (χ2v) is 5.77. The van der Waals surface area contributed by atoms with Gasteiger partial charge in [0.2, 0.25) is 0 Å². The van der Waals surface area contributed by atoms with Crippen molar-refractivity contribution in [3.63, 3.8) is 0 Å². The van der Waals surface area contributed by atoms with Gasteiger partial charge in [0.15, 0.2) is 0 Å². The van der Waals surface area contributed by atoms with E-state index in [1.54, 1.807) is 0 Å². The molecule has 0 aromatic heterocycles. The number of aliphatic carboxylic acids is 1. The highest BCUT2D eigenvalue weighted by Gasteiger charge is 2.38. The molecule has 1 N–H and O–H groups in total. The van der Waals surface area contributed by atoms with Gasteiger partial charge in [-0.1, -0.05) is 0 Å². The molecule has 0 spiro atoms. The van der Waals surface area contributed by atoms with E-state index in [9.17, 15) is 30.7 Å². The van der Waals surface area contributed by atoms with E-state index in [0.29, 0.717) is 12.6 Å². The first-order valence-electron chi connectivity index (χ1n) is 7.35. The first-order valence-corrected chi connectivity index (χ1v) is 7.35. The lowest BCUT2D eigenvalue weighted by atomic mass is 10.1. The van der Waals surface area contributed by atoms with Crippen molar-refractivity contribution < 1.29 is 40.6 Å². The fraction of sp³-hybridized carbons (Fsp3) is 0.533. The van der Waals surface area contributed by atoms with E-state index in [4.69, 9.17) is 9.90 Å². The van der Waals surface area contributed by atoms with E-state index in [0.717, 1.165) is 19.2 Å². The van der Waals surface area contributed by atoms with Crippen LogP contribution in [0.25, 0.3) is 0 Å². The Hall–Kier alpha value is -2.04. The quantitative estimate of drug-likeness (QED) is 0.744. The van der Waals surface area contributed by atoms with E-state index >= 15 is 0 Å². The molecular weight excluding hydrogens is 373 g/mol. The summed E-state index contributed by atoms with van der Waals surface area (Å²) < 4.78 is 83.1. The molecule has 0 saturated carbocycles. The molecule has 26 heavy (non-hydrogen) atoms. The van der Waals surface area contributed by atoms with Crippen LogP contribution in [0.1, 0.15) is 12.5 Å². The number of hydrogen-bond donors (Lipinski definition) is 1. The first-order chi connectivity index (χ1) is 11.7. The third-order valence-electron chi connectivity index (χ3n) is 3.66. The van der Waals surface area contributed by atoms with E-state index in [-0.39, 0.29) is 11.7 Å². The third kappa shape index (κ3) is 6.04. The molecular formula is C15H17F7N2O2. The molecule has 1 aliphatic rings. The van der Waals surface area contributed by atoms with E-state index in [2.05, 4.69) is 4.90 Å². The molecule has 1 aromatic carbocycles. The molecule has 0 bridgehead atoms. The number of carbonyl (C=O) groups is 1. The predicted octanol–water partition coefficient (Wildman–Crippen LogP) is 3.62. The molecule has 1 heterocycles. The minimum absolute atomic E-state index is 0.0741. The summed E-state index contributed by atoms with van der Waals surface area (Å²) in [6, 6.07) is 2.80. The topological polar surface area (TPSA) is 43.8 Å². The van der Waals surface area contributed by atoms with Crippen LogP contribution in [0.5, 0.6) is 0 Å². The maximum absolute atomic E-state index is 13.9. The number of carboxylic acid groups (broad SMARTS) is 1. The van der Waals surface area contributed by atoms with Gasteiger partial charge in [-0.3, -0.25) is 0 Å². The van der Waals surface area contributed by atoms with Crippen LogP contribution in [0.15, 0.2) is 18.2 Å². The SMILES string of the molecule is C[C@H]1CN(C)CCN1c1ccc(C(F)(F)F)cc1F.O=C(O)C(F)(F)F. The molecule has 1 aromatic rings.